The Hall–Kier alpha value is -2.01. The molecule has 0 N–H and O–H groups in total. The van der Waals surface area contributed by atoms with E-state index in [2.05, 4.69) is 41.4 Å². The van der Waals surface area contributed by atoms with Gasteiger partial charge < -0.3 is 9.26 Å². The number of hydrogen-bond acceptors (Lipinski definition) is 4. The standard InChI is InChI=1S/C25H27ClN2O2.ClH/c1-15-23(17-6-11-20(29-3)12-7-17)25(30-27-15)24-21(16-4-8-18(26)9-5-16)14-19-10-13-22(24)28(19)2;/h4-9,11-12,19,21-22,24H,10,13-14H2,1-3H3;1H/t19?,21-,22?,24+;/m1./s1. The van der Waals surface area contributed by atoms with Crippen molar-refractivity contribution in [2.75, 3.05) is 14.2 Å². The van der Waals surface area contributed by atoms with Gasteiger partial charge >= 0.3 is 0 Å². The summed E-state index contributed by atoms with van der Waals surface area (Å²) in [6.07, 6.45) is 3.56. The highest BCUT2D eigenvalue weighted by Crippen LogP contribution is 2.53. The summed E-state index contributed by atoms with van der Waals surface area (Å²) in [6.45, 7) is 2.04. The molecule has 2 fully saturated rings. The van der Waals surface area contributed by atoms with E-state index in [1.165, 1.54) is 18.4 Å². The van der Waals surface area contributed by atoms with Gasteiger partial charge in [-0.2, -0.15) is 0 Å². The molecule has 2 unspecified atom stereocenters. The number of piperidine rings is 1. The van der Waals surface area contributed by atoms with E-state index in [1.54, 1.807) is 7.11 Å². The molecule has 2 aliphatic rings. The molecule has 5 rings (SSSR count). The van der Waals surface area contributed by atoms with Gasteiger partial charge in [0.2, 0.25) is 0 Å². The van der Waals surface area contributed by atoms with Crippen LogP contribution in [0.1, 0.15) is 48.1 Å². The fourth-order valence-electron chi connectivity index (χ4n) is 5.60. The number of nitrogens with zero attached hydrogens (tertiary/aromatic N) is 2. The maximum atomic E-state index is 6.18. The average molecular weight is 459 g/mol. The SMILES string of the molecule is COc1ccc(-c2c(C)noc2[C@@H]2C3CCC(C[C@@H]2c2ccc(Cl)cc2)N3C)cc1.Cl. The van der Waals surface area contributed by atoms with Gasteiger partial charge in [0, 0.05) is 28.6 Å². The zero-order valence-corrected chi connectivity index (χ0v) is 19.6. The van der Waals surface area contributed by atoms with Crippen molar-refractivity contribution in [2.24, 2.45) is 0 Å². The van der Waals surface area contributed by atoms with Gasteiger partial charge in [-0.05, 0) is 74.5 Å². The van der Waals surface area contributed by atoms with Crippen LogP contribution in [0, 0.1) is 6.92 Å². The van der Waals surface area contributed by atoms with Crippen LogP contribution < -0.4 is 4.74 Å². The number of aromatic nitrogens is 1. The van der Waals surface area contributed by atoms with Crippen LogP contribution >= 0.6 is 24.0 Å². The largest absolute Gasteiger partial charge is 0.497 e. The van der Waals surface area contributed by atoms with Crippen LogP contribution in [0.25, 0.3) is 11.1 Å². The minimum absolute atomic E-state index is 0. The maximum Gasteiger partial charge on any atom is 0.150 e. The molecule has 164 valence electrons. The summed E-state index contributed by atoms with van der Waals surface area (Å²) >= 11 is 6.18. The first-order valence-corrected chi connectivity index (χ1v) is 11.0. The van der Waals surface area contributed by atoms with Crippen LogP contribution in [0.15, 0.2) is 53.1 Å². The van der Waals surface area contributed by atoms with Crippen LogP contribution in [0.2, 0.25) is 5.02 Å². The third-order valence-corrected chi connectivity index (χ3v) is 7.39. The van der Waals surface area contributed by atoms with Crippen LogP contribution in [-0.4, -0.2) is 36.3 Å². The summed E-state index contributed by atoms with van der Waals surface area (Å²) in [7, 11) is 3.96. The van der Waals surface area contributed by atoms with Crippen LogP contribution in [-0.2, 0) is 0 Å². The predicted octanol–water partition coefficient (Wildman–Crippen LogP) is 6.47. The van der Waals surface area contributed by atoms with Crippen molar-refractivity contribution in [3.63, 3.8) is 0 Å². The lowest BCUT2D eigenvalue weighted by molar-refractivity contribution is 0.122. The monoisotopic (exact) mass is 458 g/mol. The lowest BCUT2D eigenvalue weighted by Crippen LogP contribution is -2.44. The quantitative estimate of drug-likeness (QED) is 0.448. The lowest BCUT2D eigenvalue weighted by atomic mass is 9.73. The predicted molar refractivity (Wildman–Crippen MR) is 127 cm³/mol. The molecule has 0 spiro atoms. The zero-order chi connectivity index (χ0) is 20.8. The third kappa shape index (κ3) is 3.86. The van der Waals surface area contributed by atoms with Crippen LogP contribution in [0.4, 0.5) is 0 Å². The van der Waals surface area contributed by atoms with E-state index in [9.17, 15) is 0 Å². The van der Waals surface area contributed by atoms with Gasteiger partial charge in [-0.25, -0.2) is 0 Å². The van der Waals surface area contributed by atoms with E-state index in [0.717, 1.165) is 39.8 Å². The highest BCUT2D eigenvalue weighted by Gasteiger charge is 2.49. The average Bonchev–Trinajstić information content (AvgIpc) is 3.24. The summed E-state index contributed by atoms with van der Waals surface area (Å²) in [6, 6.07) is 17.7. The van der Waals surface area contributed by atoms with Gasteiger partial charge in [0.25, 0.3) is 0 Å². The molecule has 0 radical (unpaired) electrons. The maximum absolute atomic E-state index is 6.18. The van der Waals surface area contributed by atoms with Gasteiger partial charge in [-0.15, -0.1) is 12.4 Å². The number of hydrogen-bond donors (Lipinski definition) is 0. The molecular weight excluding hydrogens is 431 g/mol. The second-order valence-corrected chi connectivity index (χ2v) is 9.06. The number of benzene rings is 2. The Morgan fingerprint density at radius 1 is 1.06 bits per heavy atom. The first kappa shape index (κ1) is 22.2. The molecule has 1 aromatic heterocycles. The second-order valence-electron chi connectivity index (χ2n) is 8.62. The number of methoxy groups -OCH3 is 1. The molecule has 2 saturated heterocycles. The zero-order valence-electron chi connectivity index (χ0n) is 18.0. The van der Waals surface area contributed by atoms with Gasteiger partial charge in [-0.3, -0.25) is 4.90 Å². The van der Waals surface area contributed by atoms with Crippen molar-refractivity contribution < 1.29 is 9.26 Å². The van der Waals surface area contributed by atoms with Gasteiger partial charge in [0.15, 0.2) is 0 Å². The van der Waals surface area contributed by atoms with E-state index in [-0.39, 0.29) is 18.3 Å². The summed E-state index contributed by atoms with van der Waals surface area (Å²) in [5.74, 6) is 2.51. The molecule has 6 heteroatoms. The second kappa shape index (κ2) is 8.85. The highest BCUT2D eigenvalue weighted by atomic mass is 35.5. The van der Waals surface area contributed by atoms with E-state index in [1.807, 2.05) is 31.2 Å². The summed E-state index contributed by atoms with van der Waals surface area (Å²) in [4.78, 5) is 2.56. The first-order chi connectivity index (χ1) is 14.6. The number of rotatable bonds is 4. The Labute approximate surface area is 194 Å². The van der Waals surface area contributed by atoms with Crippen molar-refractivity contribution in [3.8, 4) is 16.9 Å². The van der Waals surface area contributed by atoms with Crippen molar-refractivity contribution in [1.29, 1.82) is 0 Å². The fraction of sp³-hybridized carbons (Fsp3) is 0.400. The smallest absolute Gasteiger partial charge is 0.150 e. The molecule has 0 amide bonds. The third-order valence-electron chi connectivity index (χ3n) is 7.14. The summed E-state index contributed by atoms with van der Waals surface area (Å²) in [5, 5.41) is 5.19. The van der Waals surface area contributed by atoms with Crippen molar-refractivity contribution >= 4 is 24.0 Å². The Bertz CT molecular complexity index is 1030. The number of ether oxygens (including phenoxy) is 1. The molecule has 0 saturated carbocycles. The minimum Gasteiger partial charge on any atom is -0.497 e. The molecule has 4 atom stereocenters. The molecule has 3 heterocycles. The van der Waals surface area contributed by atoms with Crippen molar-refractivity contribution in [1.82, 2.24) is 10.1 Å². The number of fused-ring (bicyclic) bond motifs is 2. The van der Waals surface area contributed by atoms with E-state index in [0.29, 0.717) is 18.0 Å². The van der Waals surface area contributed by atoms with Gasteiger partial charge in [0.1, 0.15) is 11.5 Å². The van der Waals surface area contributed by atoms with Crippen LogP contribution in [0.5, 0.6) is 5.75 Å². The van der Waals surface area contributed by atoms with Crippen molar-refractivity contribution in [3.05, 3.63) is 70.6 Å². The molecule has 31 heavy (non-hydrogen) atoms. The Kier molecular flexibility index (Phi) is 6.34. The topological polar surface area (TPSA) is 38.5 Å². The molecule has 2 aromatic carbocycles. The molecular formula is C25H28Cl2N2O2. The Balaban J connectivity index is 0.00000231. The first-order valence-electron chi connectivity index (χ1n) is 10.6. The number of halogens is 2. The van der Waals surface area contributed by atoms with Crippen LogP contribution in [0.3, 0.4) is 0 Å². The van der Waals surface area contributed by atoms with E-state index < -0.39 is 0 Å². The summed E-state index contributed by atoms with van der Waals surface area (Å²) in [5.41, 5.74) is 4.53. The lowest BCUT2D eigenvalue weighted by Gasteiger charge is -2.42. The molecule has 2 aliphatic heterocycles. The number of aryl methyl sites for hydroxylation is 1. The summed E-state index contributed by atoms with van der Waals surface area (Å²) < 4.78 is 11.4. The van der Waals surface area contributed by atoms with E-state index in [4.69, 9.17) is 20.9 Å². The molecule has 4 nitrogen and oxygen atoms in total. The van der Waals surface area contributed by atoms with E-state index >= 15 is 0 Å². The Morgan fingerprint density at radius 2 is 1.77 bits per heavy atom. The fourth-order valence-corrected chi connectivity index (χ4v) is 5.73. The molecule has 0 aliphatic carbocycles. The number of likely N-dealkylation sites (N-methyl/N-ethyl adjacent to an activating group) is 1. The normalized spacial score (nSPS) is 25.3. The molecule has 3 aromatic rings. The van der Waals surface area contributed by atoms with Crippen molar-refractivity contribution in [2.45, 2.75) is 50.1 Å². The van der Waals surface area contributed by atoms with Gasteiger partial charge in [0.05, 0.1) is 12.8 Å². The Morgan fingerprint density at radius 3 is 2.45 bits per heavy atom. The molecule has 2 bridgehead atoms. The minimum atomic E-state index is 0. The van der Waals surface area contributed by atoms with Gasteiger partial charge in [-0.1, -0.05) is 41.0 Å². The highest BCUT2D eigenvalue weighted by molar-refractivity contribution is 6.30.